The molecule has 0 aromatic heterocycles. The minimum atomic E-state index is -4.10. The Balaban J connectivity index is 4.42. The highest BCUT2D eigenvalue weighted by Crippen LogP contribution is 2.15. The normalized spacial score (nSPS) is 16.9. The van der Waals surface area contributed by atoms with Crippen LogP contribution >= 0.6 is 0 Å². The lowest BCUT2D eigenvalue weighted by Gasteiger charge is -2.18. The van der Waals surface area contributed by atoms with E-state index in [1.54, 1.807) is 0 Å². The Morgan fingerprint density at radius 1 is 1.15 bits per heavy atom. The molecule has 0 aliphatic heterocycles. The Morgan fingerprint density at radius 2 is 1.62 bits per heavy atom. The first-order valence-corrected chi connectivity index (χ1v) is 6.08. The Hall–Kier alpha value is -0.130. The second-order valence-electron chi connectivity index (χ2n) is 3.20. The molecule has 0 radical (unpaired) electrons. The minimum absolute atomic E-state index is 0.306. The van der Waals surface area contributed by atoms with Gasteiger partial charge in [-0.3, -0.25) is 4.55 Å². The summed E-state index contributed by atoms with van der Waals surface area (Å²) in [6, 6.07) is 0. The molecule has 13 heavy (non-hydrogen) atoms. The highest BCUT2D eigenvalue weighted by atomic mass is 32.2. The Kier molecular flexibility index (Phi) is 5.51. The molecule has 4 nitrogen and oxygen atoms in total. The molecule has 80 valence electrons. The number of hydrogen-bond acceptors (Lipinski definition) is 3. The smallest absolute Gasteiger partial charge is 0.270 e. The molecule has 0 aliphatic carbocycles. The molecule has 0 rings (SSSR count). The van der Waals surface area contributed by atoms with Crippen molar-refractivity contribution in [1.29, 1.82) is 0 Å². The third-order valence-electron chi connectivity index (χ3n) is 1.97. The summed E-state index contributed by atoms with van der Waals surface area (Å²) in [6.07, 6.45) is 1.10. The fraction of sp³-hybridized carbons (Fsp3) is 1.00. The molecule has 5 heteroatoms. The van der Waals surface area contributed by atoms with Crippen molar-refractivity contribution in [3.63, 3.8) is 0 Å². The number of aliphatic hydroxyl groups is 1. The molecule has 0 fully saturated rings. The van der Waals surface area contributed by atoms with Gasteiger partial charge in [0, 0.05) is 0 Å². The van der Waals surface area contributed by atoms with Crippen molar-refractivity contribution < 1.29 is 18.1 Å². The van der Waals surface area contributed by atoms with Crippen LogP contribution in [0, 0.1) is 0 Å². The largest absolute Gasteiger partial charge is 0.392 e. The molecular formula is C8H18O4S. The molecule has 0 saturated heterocycles. The van der Waals surface area contributed by atoms with Gasteiger partial charge >= 0.3 is 0 Å². The highest BCUT2D eigenvalue weighted by Gasteiger charge is 2.29. The van der Waals surface area contributed by atoms with Crippen LogP contribution in [0.5, 0.6) is 0 Å². The molecule has 0 heterocycles. The summed E-state index contributed by atoms with van der Waals surface area (Å²) in [5.41, 5.74) is 0. The van der Waals surface area contributed by atoms with E-state index in [2.05, 4.69) is 0 Å². The van der Waals surface area contributed by atoms with Crippen LogP contribution in [0.15, 0.2) is 0 Å². The van der Waals surface area contributed by atoms with Crippen LogP contribution in [0.1, 0.15) is 39.5 Å². The maximum absolute atomic E-state index is 10.8. The number of hydrogen-bond donors (Lipinski definition) is 2. The second-order valence-corrected chi connectivity index (χ2v) is 4.83. The summed E-state index contributed by atoms with van der Waals surface area (Å²) in [4.78, 5) is 0. The minimum Gasteiger partial charge on any atom is -0.392 e. The summed E-state index contributed by atoms with van der Waals surface area (Å²) >= 11 is 0. The van der Waals surface area contributed by atoms with Gasteiger partial charge in [-0.2, -0.15) is 8.42 Å². The van der Waals surface area contributed by atoms with E-state index >= 15 is 0 Å². The maximum atomic E-state index is 10.8. The van der Waals surface area contributed by atoms with Gasteiger partial charge in [0.25, 0.3) is 10.1 Å². The van der Waals surface area contributed by atoms with E-state index in [-0.39, 0.29) is 0 Å². The van der Waals surface area contributed by atoms with Crippen molar-refractivity contribution in [2.45, 2.75) is 50.9 Å². The van der Waals surface area contributed by atoms with Gasteiger partial charge in [0.1, 0.15) is 5.25 Å². The van der Waals surface area contributed by atoms with Crippen LogP contribution in [0.3, 0.4) is 0 Å². The molecular weight excluding hydrogens is 192 g/mol. The summed E-state index contributed by atoms with van der Waals surface area (Å²) in [7, 11) is -4.10. The van der Waals surface area contributed by atoms with Gasteiger partial charge in [0.15, 0.2) is 0 Å². The fourth-order valence-electron chi connectivity index (χ4n) is 1.31. The average molecular weight is 210 g/mol. The highest BCUT2D eigenvalue weighted by molar-refractivity contribution is 7.86. The van der Waals surface area contributed by atoms with Crippen LogP contribution in [0.4, 0.5) is 0 Å². The van der Waals surface area contributed by atoms with E-state index in [4.69, 9.17) is 4.55 Å². The van der Waals surface area contributed by atoms with E-state index in [9.17, 15) is 13.5 Å². The molecule has 0 aromatic carbocycles. The predicted molar refractivity (Wildman–Crippen MR) is 51.2 cm³/mol. The SMILES string of the molecule is CCCC(O)C(CCC)S(=O)(=O)O. The van der Waals surface area contributed by atoms with E-state index in [0.717, 1.165) is 0 Å². The van der Waals surface area contributed by atoms with Gasteiger partial charge < -0.3 is 5.11 Å². The van der Waals surface area contributed by atoms with Crippen molar-refractivity contribution in [2.24, 2.45) is 0 Å². The Labute approximate surface area is 79.7 Å². The van der Waals surface area contributed by atoms with Crippen LogP contribution in [0.25, 0.3) is 0 Å². The number of aliphatic hydroxyl groups excluding tert-OH is 1. The quantitative estimate of drug-likeness (QED) is 0.646. The van der Waals surface area contributed by atoms with Crippen LogP contribution < -0.4 is 0 Å². The van der Waals surface area contributed by atoms with Crippen LogP contribution in [0.2, 0.25) is 0 Å². The standard InChI is InChI=1S/C8H18O4S/c1-3-5-7(9)8(6-4-2)13(10,11)12/h7-9H,3-6H2,1-2H3,(H,10,11,12). The summed E-state index contributed by atoms with van der Waals surface area (Å²) in [6.45, 7) is 3.67. The summed E-state index contributed by atoms with van der Waals surface area (Å²) in [5, 5.41) is 8.42. The van der Waals surface area contributed by atoms with Gasteiger partial charge in [-0.1, -0.05) is 26.7 Å². The average Bonchev–Trinajstić information content (AvgIpc) is 1.98. The van der Waals surface area contributed by atoms with E-state index < -0.39 is 21.5 Å². The van der Waals surface area contributed by atoms with Crippen molar-refractivity contribution in [2.75, 3.05) is 0 Å². The molecule has 0 aliphatic rings. The van der Waals surface area contributed by atoms with Crippen molar-refractivity contribution in [3.05, 3.63) is 0 Å². The van der Waals surface area contributed by atoms with Gasteiger partial charge in [0.2, 0.25) is 0 Å². The van der Waals surface area contributed by atoms with Crippen LogP contribution in [-0.4, -0.2) is 29.4 Å². The molecule has 0 saturated carbocycles. The molecule has 0 amide bonds. The van der Waals surface area contributed by atoms with E-state index in [1.165, 1.54) is 0 Å². The molecule has 0 bridgehead atoms. The summed E-state index contributed by atoms with van der Waals surface area (Å²) in [5.74, 6) is 0. The third-order valence-corrected chi connectivity index (χ3v) is 3.28. The zero-order chi connectivity index (χ0) is 10.5. The zero-order valence-corrected chi connectivity index (χ0v) is 8.92. The van der Waals surface area contributed by atoms with Gasteiger partial charge in [-0.05, 0) is 12.8 Å². The van der Waals surface area contributed by atoms with Crippen LogP contribution in [-0.2, 0) is 10.1 Å². The second kappa shape index (κ2) is 5.57. The zero-order valence-electron chi connectivity index (χ0n) is 8.10. The lowest BCUT2D eigenvalue weighted by molar-refractivity contribution is 0.150. The first kappa shape index (κ1) is 12.9. The monoisotopic (exact) mass is 210 g/mol. The Morgan fingerprint density at radius 3 is 1.92 bits per heavy atom. The van der Waals surface area contributed by atoms with Crippen molar-refractivity contribution >= 4 is 10.1 Å². The summed E-state index contributed by atoms with van der Waals surface area (Å²) < 4.78 is 30.5. The molecule has 2 N–H and O–H groups in total. The van der Waals surface area contributed by atoms with Crippen molar-refractivity contribution in [1.82, 2.24) is 0 Å². The van der Waals surface area contributed by atoms with Gasteiger partial charge in [-0.25, -0.2) is 0 Å². The van der Waals surface area contributed by atoms with E-state index in [0.29, 0.717) is 25.7 Å². The van der Waals surface area contributed by atoms with Gasteiger partial charge in [-0.15, -0.1) is 0 Å². The molecule has 2 atom stereocenters. The first-order chi connectivity index (χ1) is 5.93. The predicted octanol–water partition coefficient (Wildman–Crippen LogP) is 1.20. The Bertz CT molecular complexity index is 222. The topological polar surface area (TPSA) is 74.6 Å². The van der Waals surface area contributed by atoms with E-state index in [1.807, 2.05) is 13.8 Å². The maximum Gasteiger partial charge on any atom is 0.270 e. The molecule has 0 spiro atoms. The molecule has 0 aromatic rings. The van der Waals surface area contributed by atoms with Crippen molar-refractivity contribution in [3.8, 4) is 0 Å². The lowest BCUT2D eigenvalue weighted by Crippen LogP contribution is -2.33. The third kappa shape index (κ3) is 4.59. The van der Waals surface area contributed by atoms with Gasteiger partial charge in [0.05, 0.1) is 6.10 Å². The lowest BCUT2D eigenvalue weighted by atomic mass is 10.1. The molecule has 2 unspecified atom stereocenters. The first-order valence-electron chi connectivity index (χ1n) is 4.57. The number of rotatable bonds is 6. The fourth-order valence-corrected chi connectivity index (χ4v) is 2.37.